The number of aliphatic hydroxyl groups excluding tert-OH is 1. The van der Waals surface area contributed by atoms with E-state index in [9.17, 15) is 19.1 Å². The first-order valence-electron chi connectivity index (χ1n) is 14.0. The van der Waals surface area contributed by atoms with E-state index in [1.807, 2.05) is 30.3 Å². The molecule has 1 fully saturated rings. The number of carbonyl (C=O) groups excluding carboxylic acids is 2. The smallest absolute Gasteiger partial charge is 0.301 e. The van der Waals surface area contributed by atoms with Crippen LogP contribution in [0.4, 0.5) is 9.52 Å². The van der Waals surface area contributed by atoms with E-state index in [4.69, 9.17) is 18.9 Å². The van der Waals surface area contributed by atoms with Gasteiger partial charge < -0.3 is 24.1 Å². The number of methoxy groups -OCH3 is 1. The van der Waals surface area contributed by atoms with E-state index in [1.54, 1.807) is 36.4 Å². The highest BCUT2D eigenvalue weighted by Crippen LogP contribution is 2.46. The third kappa shape index (κ3) is 5.21. The molecule has 1 N–H and O–H groups in total. The monoisotopic (exact) mass is 624 g/mol. The molecule has 5 aromatic rings. The van der Waals surface area contributed by atoms with Crippen LogP contribution in [-0.4, -0.2) is 42.1 Å². The Bertz CT molecular complexity index is 1990. The van der Waals surface area contributed by atoms with Crippen molar-refractivity contribution in [3.05, 3.63) is 113 Å². The van der Waals surface area contributed by atoms with Crippen LogP contribution < -0.4 is 23.8 Å². The minimum Gasteiger partial charge on any atom is -0.507 e. The lowest BCUT2D eigenvalue weighted by Gasteiger charge is -2.24. The predicted octanol–water partition coefficient (Wildman–Crippen LogP) is 6.42. The minimum absolute atomic E-state index is 0.151. The van der Waals surface area contributed by atoms with Crippen molar-refractivity contribution in [1.29, 1.82) is 0 Å². The van der Waals surface area contributed by atoms with Crippen molar-refractivity contribution >= 4 is 44.1 Å². The number of benzene rings is 4. The van der Waals surface area contributed by atoms with Gasteiger partial charge in [0, 0.05) is 5.56 Å². The zero-order chi connectivity index (χ0) is 31.1. The van der Waals surface area contributed by atoms with Gasteiger partial charge in [0.15, 0.2) is 28.1 Å². The van der Waals surface area contributed by atoms with Crippen LogP contribution in [0.3, 0.4) is 0 Å². The van der Waals surface area contributed by atoms with Crippen molar-refractivity contribution in [3.63, 3.8) is 0 Å². The van der Waals surface area contributed by atoms with Crippen LogP contribution in [-0.2, 0) is 16.2 Å². The number of aromatic nitrogens is 1. The molecule has 45 heavy (non-hydrogen) atoms. The predicted molar refractivity (Wildman–Crippen MR) is 166 cm³/mol. The maximum atomic E-state index is 14.0. The fourth-order valence-electron chi connectivity index (χ4n) is 5.39. The molecule has 1 unspecified atom stereocenters. The number of carbonyl (C=O) groups is 2. The summed E-state index contributed by atoms with van der Waals surface area (Å²) in [4.78, 5) is 33.2. The molecule has 1 saturated heterocycles. The molecule has 1 aromatic heterocycles. The van der Waals surface area contributed by atoms with Crippen LogP contribution in [0.25, 0.3) is 16.0 Å². The second-order valence-electron chi connectivity index (χ2n) is 10.3. The molecule has 7 rings (SSSR count). The average Bonchev–Trinajstić information content (AvgIpc) is 3.60. The number of anilines is 1. The number of Topliss-reactive ketones (excluding diaryl/α,β-unsaturated/α-hetero) is 1. The number of rotatable bonds is 7. The van der Waals surface area contributed by atoms with E-state index in [2.05, 4.69) is 4.98 Å². The molecular weight excluding hydrogens is 599 g/mol. The molecule has 9 nitrogen and oxygen atoms in total. The Morgan fingerprint density at radius 2 is 1.78 bits per heavy atom. The Kier molecular flexibility index (Phi) is 7.30. The summed E-state index contributed by atoms with van der Waals surface area (Å²) in [6.45, 7) is 1.02. The molecule has 2 aliphatic rings. The number of amides is 1. The summed E-state index contributed by atoms with van der Waals surface area (Å²) in [7, 11) is 1.49. The average molecular weight is 625 g/mol. The quantitative estimate of drug-likeness (QED) is 0.126. The number of ketones is 1. The zero-order valence-corrected chi connectivity index (χ0v) is 24.7. The second kappa shape index (κ2) is 11.6. The fraction of sp³-hybridized carbons (Fsp3) is 0.147. The van der Waals surface area contributed by atoms with Gasteiger partial charge in [-0.2, -0.15) is 0 Å². The van der Waals surface area contributed by atoms with Crippen LogP contribution in [0.1, 0.15) is 22.7 Å². The number of fused-ring (bicyclic) bond motifs is 2. The molecular formula is C34H25FN2O7S. The molecule has 0 radical (unpaired) electrons. The molecule has 0 aliphatic carbocycles. The molecule has 226 valence electrons. The van der Waals surface area contributed by atoms with Gasteiger partial charge in [-0.3, -0.25) is 14.5 Å². The van der Waals surface area contributed by atoms with Crippen molar-refractivity contribution < 1.29 is 38.0 Å². The van der Waals surface area contributed by atoms with Gasteiger partial charge in [0.05, 0.1) is 28.9 Å². The van der Waals surface area contributed by atoms with Gasteiger partial charge in [0.2, 0.25) is 0 Å². The van der Waals surface area contributed by atoms with Crippen LogP contribution in [0.5, 0.6) is 23.0 Å². The minimum atomic E-state index is -1.10. The van der Waals surface area contributed by atoms with Crippen LogP contribution in [0.15, 0.2) is 90.5 Å². The first kappa shape index (κ1) is 28.4. The summed E-state index contributed by atoms with van der Waals surface area (Å²) in [6.07, 6.45) is 0. The number of aliphatic hydroxyl groups is 1. The van der Waals surface area contributed by atoms with E-state index < -0.39 is 29.3 Å². The molecule has 1 atom stereocenters. The summed E-state index contributed by atoms with van der Waals surface area (Å²) in [5, 5.41) is 11.8. The van der Waals surface area contributed by atoms with E-state index in [-0.39, 0.29) is 16.3 Å². The van der Waals surface area contributed by atoms with Crippen LogP contribution >= 0.6 is 11.3 Å². The molecule has 3 heterocycles. The van der Waals surface area contributed by atoms with Gasteiger partial charge >= 0.3 is 5.91 Å². The fourth-order valence-corrected chi connectivity index (χ4v) is 6.41. The van der Waals surface area contributed by atoms with Crippen LogP contribution in [0.2, 0.25) is 0 Å². The Labute approximate surface area is 260 Å². The third-order valence-electron chi connectivity index (χ3n) is 7.55. The van der Waals surface area contributed by atoms with Gasteiger partial charge in [0.25, 0.3) is 5.78 Å². The Morgan fingerprint density at radius 3 is 2.58 bits per heavy atom. The normalized spacial score (nSPS) is 17.1. The maximum Gasteiger partial charge on any atom is 0.301 e. The van der Waals surface area contributed by atoms with E-state index in [0.717, 1.165) is 16.9 Å². The molecule has 0 spiro atoms. The zero-order valence-electron chi connectivity index (χ0n) is 23.9. The van der Waals surface area contributed by atoms with Gasteiger partial charge in [0.1, 0.15) is 31.4 Å². The molecule has 0 bridgehead atoms. The van der Waals surface area contributed by atoms with E-state index in [1.165, 1.54) is 30.2 Å². The molecule has 0 saturated carbocycles. The lowest BCUT2D eigenvalue weighted by atomic mass is 9.95. The van der Waals surface area contributed by atoms with Gasteiger partial charge in [-0.15, -0.1) is 0 Å². The number of hydrogen-bond acceptors (Lipinski definition) is 9. The SMILES string of the molecule is COc1cc(C2C(=C(O)c3ccc4c(c3)OCCO4)C(=O)C(=O)N2c2nc3ccc(F)cc3s2)ccc1OCc1ccccc1. The topological polar surface area (TPSA) is 107 Å². The van der Waals surface area contributed by atoms with Gasteiger partial charge in [-0.25, -0.2) is 9.37 Å². The highest BCUT2D eigenvalue weighted by Gasteiger charge is 2.48. The highest BCUT2D eigenvalue weighted by molar-refractivity contribution is 7.22. The maximum absolute atomic E-state index is 14.0. The second-order valence-corrected chi connectivity index (χ2v) is 11.3. The summed E-state index contributed by atoms with van der Waals surface area (Å²) >= 11 is 1.06. The molecule has 4 aromatic carbocycles. The van der Waals surface area contributed by atoms with Crippen LogP contribution in [0, 0.1) is 5.82 Å². The van der Waals surface area contributed by atoms with Crippen molar-refractivity contribution in [1.82, 2.24) is 4.98 Å². The van der Waals surface area contributed by atoms with Crippen molar-refractivity contribution in [2.75, 3.05) is 25.2 Å². The first-order valence-corrected chi connectivity index (χ1v) is 14.8. The van der Waals surface area contributed by atoms with E-state index >= 15 is 0 Å². The highest BCUT2D eigenvalue weighted by atomic mass is 32.1. The summed E-state index contributed by atoms with van der Waals surface area (Å²) in [5.41, 5.74) is 2.00. The number of nitrogens with zero attached hydrogens (tertiary/aromatic N) is 2. The summed E-state index contributed by atoms with van der Waals surface area (Å²) in [5.74, 6) is -0.912. The van der Waals surface area contributed by atoms with Crippen molar-refractivity contribution in [2.24, 2.45) is 0 Å². The molecule has 11 heteroatoms. The van der Waals surface area contributed by atoms with Crippen molar-refractivity contribution in [3.8, 4) is 23.0 Å². The third-order valence-corrected chi connectivity index (χ3v) is 8.56. The number of halogens is 1. The summed E-state index contributed by atoms with van der Waals surface area (Å²) < 4.78 is 37.5. The largest absolute Gasteiger partial charge is 0.507 e. The Hall–Kier alpha value is -5.42. The first-order chi connectivity index (χ1) is 21.9. The number of thiazole rings is 1. The lowest BCUT2D eigenvalue weighted by molar-refractivity contribution is -0.132. The van der Waals surface area contributed by atoms with E-state index in [0.29, 0.717) is 58.6 Å². The molecule has 1 amide bonds. The summed E-state index contributed by atoms with van der Waals surface area (Å²) in [6, 6.07) is 22.5. The van der Waals surface area contributed by atoms with Gasteiger partial charge in [-0.1, -0.05) is 47.7 Å². The van der Waals surface area contributed by atoms with Gasteiger partial charge in [-0.05, 0) is 59.7 Å². The Balaban J connectivity index is 1.35. The number of ether oxygens (including phenoxy) is 4. The lowest BCUT2D eigenvalue weighted by Crippen LogP contribution is -2.29. The Morgan fingerprint density at radius 1 is 0.978 bits per heavy atom. The number of hydrogen-bond donors (Lipinski definition) is 1. The molecule has 2 aliphatic heterocycles. The standard InChI is InChI=1S/C34H25FN2O7S/c1-41-26-15-20(7-11-24(26)44-18-19-5-3-2-4-6-19)30-29(31(38)21-8-12-25-27(16-21)43-14-13-42-25)32(39)33(40)37(30)34-36-23-10-9-22(35)17-28(23)45-34/h2-12,15-17,30,38H,13-14,18H2,1H3. The van der Waals surface area contributed by atoms with Crippen molar-refractivity contribution in [2.45, 2.75) is 12.6 Å².